The van der Waals surface area contributed by atoms with Crippen LogP contribution in [0.4, 0.5) is 0 Å². The standard InChI is InChI=1S/C42H62/c1-7-13-21-31-32(22-14-8-2)36(24-16-10-4)40-30-42-38(26-18-12-6)34-28-20-19-27-33(34)37(25-17-11-5)41(42)29-39(40)35(31)23-15-9-3/h19-20,27-28H,7-18,21-26,29-30H2,1-6H3. The van der Waals surface area contributed by atoms with E-state index in [4.69, 9.17) is 0 Å². The van der Waals surface area contributed by atoms with E-state index in [2.05, 4.69) is 65.8 Å². The van der Waals surface area contributed by atoms with Crippen molar-refractivity contribution in [1.82, 2.24) is 0 Å². The van der Waals surface area contributed by atoms with Crippen LogP contribution in [0.25, 0.3) is 10.8 Å². The van der Waals surface area contributed by atoms with Crippen LogP contribution in [0.15, 0.2) is 24.3 Å². The Morgan fingerprint density at radius 2 is 0.619 bits per heavy atom. The molecule has 0 heterocycles. The van der Waals surface area contributed by atoms with Gasteiger partial charge in [0, 0.05) is 0 Å². The van der Waals surface area contributed by atoms with Gasteiger partial charge in [-0.2, -0.15) is 0 Å². The van der Waals surface area contributed by atoms with E-state index in [9.17, 15) is 0 Å². The first-order valence-corrected chi connectivity index (χ1v) is 18.4. The molecule has 0 saturated carbocycles. The number of unbranched alkanes of at least 4 members (excludes halogenated alkanes) is 6. The van der Waals surface area contributed by atoms with Crippen LogP contribution in [0, 0.1) is 0 Å². The Balaban J connectivity index is 2.04. The molecular weight excluding hydrogens is 504 g/mol. The van der Waals surface area contributed by atoms with E-state index < -0.39 is 0 Å². The summed E-state index contributed by atoms with van der Waals surface area (Å²) >= 11 is 0. The van der Waals surface area contributed by atoms with Crippen molar-refractivity contribution in [2.24, 2.45) is 0 Å². The Morgan fingerprint density at radius 3 is 0.929 bits per heavy atom. The summed E-state index contributed by atoms with van der Waals surface area (Å²) in [6, 6.07) is 9.50. The van der Waals surface area contributed by atoms with Gasteiger partial charge in [-0.05, 0) is 156 Å². The Labute approximate surface area is 260 Å². The van der Waals surface area contributed by atoms with E-state index in [1.54, 1.807) is 66.4 Å². The van der Waals surface area contributed by atoms with E-state index in [0.717, 1.165) is 0 Å². The van der Waals surface area contributed by atoms with Crippen molar-refractivity contribution in [3.63, 3.8) is 0 Å². The number of rotatable bonds is 18. The van der Waals surface area contributed by atoms with Gasteiger partial charge in [-0.15, -0.1) is 0 Å². The minimum atomic E-state index is 1.18. The third-order valence-electron chi connectivity index (χ3n) is 10.2. The molecule has 0 nitrogen and oxygen atoms in total. The van der Waals surface area contributed by atoms with Crippen molar-refractivity contribution >= 4 is 10.8 Å². The first-order valence-electron chi connectivity index (χ1n) is 18.4. The summed E-state index contributed by atoms with van der Waals surface area (Å²) in [5.74, 6) is 0. The lowest BCUT2D eigenvalue weighted by Gasteiger charge is -2.34. The van der Waals surface area contributed by atoms with E-state index in [1.807, 2.05) is 0 Å². The van der Waals surface area contributed by atoms with E-state index in [0.29, 0.717) is 0 Å². The van der Waals surface area contributed by atoms with Gasteiger partial charge < -0.3 is 0 Å². The second-order valence-corrected chi connectivity index (χ2v) is 13.3. The quantitative estimate of drug-likeness (QED) is 0.112. The molecule has 0 aromatic heterocycles. The van der Waals surface area contributed by atoms with Crippen LogP contribution in [0.5, 0.6) is 0 Å². The summed E-state index contributed by atoms with van der Waals surface area (Å²) in [5.41, 5.74) is 17.6. The summed E-state index contributed by atoms with van der Waals surface area (Å²) in [6.07, 6.45) is 25.5. The van der Waals surface area contributed by atoms with Gasteiger partial charge in [0.1, 0.15) is 0 Å². The van der Waals surface area contributed by atoms with Gasteiger partial charge in [-0.25, -0.2) is 0 Å². The normalized spacial score (nSPS) is 12.6. The second kappa shape index (κ2) is 16.7. The van der Waals surface area contributed by atoms with Gasteiger partial charge in [-0.1, -0.05) is 104 Å². The molecular formula is C42H62. The zero-order valence-corrected chi connectivity index (χ0v) is 28.5. The van der Waals surface area contributed by atoms with Gasteiger partial charge in [0.25, 0.3) is 0 Å². The highest BCUT2D eigenvalue weighted by atomic mass is 14.3. The molecule has 0 heteroatoms. The molecule has 0 unspecified atom stereocenters. The van der Waals surface area contributed by atoms with E-state index in [-0.39, 0.29) is 0 Å². The summed E-state index contributed by atoms with van der Waals surface area (Å²) < 4.78 is 0. The Kier molecular flexibility index (Phi) is 13.0. The SMILES string of the molecule is CCCCc1c(CCCC)c(CCCC)c2c(c1CCCC)Cc1c(c(CCCC)c3ccccc3c1CCCC)C2. The molecule has 0 N–H and O–H groups in total. The minimum Gasteiger partial charge on any atom is -0.0654 e. The van der Waals surface area contributed by atoms with Gasteiger partial charge in [-0.3, -0.25) is 0 Å². The van der Waals surface area contributed by atoms with Crippen molar-refractivity contribution in [3.8, 4) is 0 Å². The number of aryl methyl sites for hydroxylation is 2. The van der Waals surface area contributed by atoms with Crippen LogP contribution in [0.1, 0.15) is 174 Å². The fourth-order valence-electron chi connectivity index (χ4n) is 7.90. The maximum Gasteiger partial charge on any atom is -0.00141 e. The van der Waals surface area contributed by atoms with Crippen molar-refractivity contribution < 1.29 is 0 Å². The molecule has 3 aromatic rings. The monoisotopic (exact) mass is 566 g/mol. The number of benzene rings is 3. The molecule has 4 rings (SSSR count). The largest absolute Gasteiger partial charge is 0.0654 e. The number of hydrogen-bond donors (Lipinski definition) is 0. The van der Waals surface area contributed by atoms with Crippen LogP contribution < -0.4 is 0 Å². The summed E-state index contributed by atoms with van der Waals surface area (Å²) in [4.78, 5) is 0. The molecule has 0 spiro atoms. The molecule has 1 aliphatic carbocycles. The molecule has 1 aliphatic rings. The molecule has 42 heavy (non-hydrogen) atoms. The van der Waals surface area contributed by atoms with Crippen molar-refractivity contribution in [3.05, 3.63) is 79.9 Å². The molecule has 0 atom stereocenters. The molecule has 3 aromatic carbocycles. The summed E-state index contributed by atoms with van der Waals surface area (Å²) in [7, 11) is 0. The van der Waals surface area contributed by atoms with Crippen LogP contribution in [-0.2, 0) is 51.4 Å². The predicted molar refractivity (Wildman–Crippen MR) is 188 cm³/mol. The first kappa shape index (κ1) is 32.8. The number of fused-ring (bicyclic) bond motifs is 3. The fourth-order valence-corrected chi connectivity index (χ4v) is 7.90. The molecule has 0 radical (unpaired) electrons. The van der Waals surface area contributed by atoms with Gasteiger partial charge >= 0.3 is 0 Å². The average molecular weight is 567 g/mol. The van der Waals surface area contributed by atoms with E-state index in [1.165, 1.54) is 128 Å². The highest BCUT2D eigenvalue weighted by Crippen LogP contribution is 2.44. The van der Waals surface area contributed by atoms with Gasteiger partial charge in [0.2, 0.25) is 0 Å². The smallest absolute Gasteiger partial charge is 0.00141 e. The topological polar surface area (TPSA) is 0 Å². The van der Waals surface area contributed by atoms with E-state index >= 15 is 0 Å². The van der Waals surface area contributed by atoms with Crippen LogP contribution in [-0.4, -0.2) is 0 Å². The molecule has 0 saturated heterocycles. The third kappa shape index (κ3) is 7.17. The molecule has 0 bridgehead atoms. The summed E-state index contributed by atoms with van der Waals surface area (Å²) in [6.45, 7) is 14.3. The minimum absolute atomic E-state index is 1.18. The van der Waals surface area contributed by atoms with Crippen molar-refractivity contribution in [2.75, 3.05) is 0 Å². The predicted octanol–water partition coefficient (Wildman–Crippen LogP) is 12.4. The Bertz CT molecular complexity index is 1190. The second-order valence-electron chi connectivity index (χ2n) is 13.3. The Hall–Kier alpha value is -2.08. The fraction of sp³-hybridized carbons (Fsp3) is 0.619. The zero-order chi connectivity index (χ0) is 29.9. The van der Waals surface area contributed by atoms with Gasteiger partial charge in [0.15, 0.2) is 0 Å². The Morgan fingerprint density at radius 1 is 0.357 bits per heavy atom. The molecule has 230 valence electrons. The number of hydrogen-bond acceptors (Lipinski definition) is 0. The van der Waals surface area contributed by atoms with Crippen LogP contribution >= 0.6 is 0 Å². The zero-order valence-electron chi connectivity index (χ0n) is 28.5. The third-order valence-corrected chi connectivity index (χ3v) is 10.2. The van der Waals surface area contributed by atoms with Gasteiger partial charge in [0.05, 0.1) is 0 Å². The average Bonchev–Trinajstić information content (AvgIpc) is 3.02. The van der Waals surface area contributed by atoms with Crippen LogP contribution in [0.3, 0.4) is 0 Å². The maximum atomic E-state index is 2.46. The van der Waals surface area contributed by atoms with Crippen LogP contribution in [0.2, 0.25) is 0 Å². The molecule has 0 aliphatic heterocycles. The highest BCUT2D eigenvalue weighted by molar-refractivity contribution is 5.92. The lowest BCUT2D eigenvalue weighted by Crippen LogP contribution is -2.21. The molecule has 0 amide bonds. The summed E-state index contributed by atoms with van der Waals surface area (Å²) in [5, 5.41) is 3.12. The first-order chi connectivity index (χ1) is 20.6. The van der Waals surface area contributed by atoms with Crippen molar-refractivity contribution in [2.45, 2.75) is 170 Å². The highest BCUT2D eigenvalue weighted by Gasteiger charge is 2.30. The maximum absolute atomic E-state index is 2.46. The molecule has 0 fully saturated rings. The lowest BCUT2D eigenvalue weighted by atomic mass is 9.71. The lowest BCUT2D eigenvalue weighted by molar-refractivity contribution is 0.702. The van der Waals surface area contributed by atoms with Crippen molar-refractivity contribution in [1.29, 1.82) is 0 Å².